The molecule has 0 fully saturated rings. The van der Waals surface area contributed by atoms with E-state index in [9.17, 15) is 0 Å². The summed E-state index contributed by atoms with van der Waals surface area (Å²) < 4.78 is 11.0. The minimum absolute atomic E-state index is 0.0344. The molecule has 0 spiro atoms. The van der Waals surface area contributed by atoms with Crippen molar-refractivity contribution in [3.63, 3.8) is 0 Å². The first-order valence-electron chi connectivity index (χ1n) is 6.45. The molecule has 2 aromatic carbocycles. The van der Waals surface area contributed by atoms with E-state index >= 15 is 0 Å². The van der Waals surface area contributed by atoms with Crippen molar-refractivity contribution in [1.29, 1.82) is 0 Å². The van der Waals surface area contributed by atoms with Gasteiger partial charge in [0.05, 0.1) is 13.7 Å². The van der Waals surface area contributed by atoms with Gasteiger partial charge in [-0.3, -0.25) is 0 Å². The fourth-order valence-corrected chi connectivity index (χ4v) is 1.92. The molecule has 0 bridgehead atoms. The Bertz CT molecular complexity index is 552. The zero-order valence-corrected chi connectivity index (χ0v) is 11.5. The van der Waals surface area contributed by atoms with Crippen LogP contribution in [0.3, 0.4) is 0 Å². The number of methoxy groups -OCH3 is 1. The van der Waals surface area contributed by atoms with Gasteiger partial charge in [-0.15, -0.1) is 0 Å². The van der Waals surface area contributed by atoms with Crippen LogP contribution in [0, 0.1) is 0 Å². The molecule has 4 heteroatoms. The van der Waals surface area contributed by atoms with Crippen molar-refractivity contribution in [1.82, 2.24) is 0 Å². The fourth-order valence-electron chi connectivity index (χ4n) is 1.92. The summed E-state index contributed by atoms with van der Waals surface area (Å²) in [5.74, 6) is 1.54. The molecule has 106 valence electrons. The van der Waals surface area contributed by atoms with E-state index in [1.54, 1.807) is 7.11 Å². The highest BCUT2D eigenvalue weighted by atomic mass is 16.5. The minimum atomic E-state index is 0.0344. The second-order valence-electron chi connectivity index (χ2n) is 4.44. The average Bonchev–Trinajstić information content (AvgIpc) is 2.53. The van der Waals surface area contributed by atoms with Gasteiger partial charge in [-0.1, -0.05) is 18.2 Å². The summed E-state index contributed by atoms with van der Waals surface area (Å²) in [5.41, 5.74) is 8.51. The van der Waals surface area contributed by atoms with Crippen LogP contribution >= 0.6 is 0 Å². The first-order chi connectivity index (χ1) is 9.76. The maximum atomic E-state index is 8.99. The van der Waals surface area contributed by atoms with Crippen LogP contribution in [0.2, 0.25) is 0 Å². The Morgan fingerprint density at radius 2 is 1.75 bits per heavy atom. The van der Waals surface area contributed by atoms with Gasteiger partial charge in [0, 0.05) is 12.1 Å². The first-order valence-corrected chi connectivity index (χ1v) is 6.45. The standard InChI is InChI=1S/C16H19NO3/c1-19-16-7-4-13(9-17)8-14(16)11-20-15-5-2-12(10-18)3-6-15/h2-8,18H,9-11,17H2,1H3. The highest BCUT2D eigenvalue weighted by Gasteiger charge is 2.05. The number of nitrogens with two attached hydrogens (primary N) is 1. The van der Waals surface area contributed by atoms with E-state index in [0.29, 0.717) is 13.2 Å². The first kappa shape index (κ1) is 14.4. The van der Waals surface area contributed by atoms with Crippen LogP contribution in [0.15, 0.2) is 42.5 Å². The van der Waals surface area contributed by atoms with Crippen molar-refractivity contribution in [3.8, 4) is 11.5 Å². The lowest BCUT2D eigenvalue weighted by Gasteiger charge is -2.12. The van der Waals surface area contributed by atoms with Crippen LogP contribution in [0.1, 0.15) is 16.7 Å². The summed E-state index contributed by atoms with van der Waals surface area (Å²) in [7, 11) is 1.64. The molecule has 0 amide bonds. The number of hydrogen-bond donors (Lipinski definition) is 2. The summed E-state index contributed by atoms with van der Waals surface area (Å²) in [5, 5.41) is 8.99. The van der Waals surface area contributed by atoms with Gasteiger partial charge >= 0.3 is 0 Å². The number of ether oxygens (including phenoxy) is 2. The highest BCUT2D eigenvalue weighted by Crippen LogP contribution is 2.22. The van der Waals surface area contributed by atoms with Crippen LogP contribution in [0.4, 0.5) is 0 Å². The van der Waals surface area contributed by atoms with Gasteiger partial charge in [-0.25, -0.2) is 0 Å². The van der Waals surface area contributed by atoms with E-state index in [2.05, 4.69) is 0 Å². The lowest BCUT2D eigenvalue weighted by Crippen LogP contribution is -2.02. The normalized spacial score (nSPS) is 10.3. The lowest BCUT2D eigenvalue weighted by molar-refractivity contribution is 0.280. The number of aliphatic hydroxyl groups excluding tert-OH is 1. The van der Waals surface area contributed by atoms with Crippen LogP contribution in [0.5, 0.6) is 11.5 Å². The summed E-state index contributed by atoms with van der Waals surface area (Å²) in [6, 6.07) is 13.2. The zero-order chi connectivity index (χ0) is 14.4. The summed E-state index contributed by atoms with van der Waals surface area (Å²) in [6.07, 6.45) is 0. The summed E-state index contributed by atoms with van der Waals surface area (Å²) >= 11 is 0. The van der Waals surface area contributed by atoms with Crippen molar-refractivity contribution in [2.45, 2.75) is 19.8 Å². The summed E-state index contributed by atoms with van der Waals surface area (Å²) in [6.45, 7) is 0.935. The monoisotopic (exact) mass is 273 g/mol. The van der Waals surface area contributed by atoms with Gasteiger partial charge in [0.25, 0.3) is 0 Å². The highest BCUT2D eigenvalue weighted by molar-refractivity contribution is 5.37. The molecule has 2 rings (SSSR count). The molecule has 2 aromatic rings. The quantitative estimate of drug-likeness (QED) is 0.847. The number of aliphatic hydroxyl groups is 1. The Labute approximate surface area is 118 Å². The van der Waals surface area contributed by atoms with Gasteiger partial charge in [0.1, 0.15) is 18.1 Å². The predicted molar refractivity (Wildman–Crippen MR) is 77.6 cm³/mol. The molecule has 0 radical (unpaired) electrons. The molecule has 0 atom stereocenters. The maximum Gasteiger partial charge on any atom is 0.125 e. The van der Waals surface area contributed by atoms with Crippen molar-refractivity contribution < 1.29 is 14.6 Å². The Balaban J connectivity index is 2.08. The molecule has 0 heterocycles. The molecule has 0 saturated carbocycles. The second-order valence-corrected chi connectivity index (χ2v) is 4.44. The number of benzene rings is 2. The Kier molecular flexibility index (Phi) is 4.98. The SMILES string of the molecule is COc1ccc(CN)cc1COc1ccc(CO)cc1. The Morgan fingerprint density at radius 3 is 2.35 bits per heavy atom. The third-order valence-corrected chi connectivity index (χ3v) is 3.08. The zero-order valence-electron chi connectivity index (χ0n) is 11.5. The molecule has 0 aliphatic rings. The van der Waals surface area contributed by atoms with Crippen molar-refractivity contribution in [2.24, 2.45) is 5.73 Å². The second kappa shape index (κ2) is 6.93. The average molecular weight is 273 g/mol. The Hall–Kier alpha value is -2.04. The molecule has 4 nitrogen and oxygen atoms in total. The van der Waals surface area contributed by atoms with E-state index in [4.69, 9.17) is 20.3 Å². The van der Waals surface area contributed by atoms with Gasteiger partial charge in [-0.05, 0) is 35.4 Å². The number of rotatable bonds is 6. The van der Waals surface area contributed by atoms with E-state index < -0.39 is 0 Å². The van der Waals surface area contributed by atoms with Crippen LogP contribution in [-0.4, -0.2) is 12.2 Å². The maximum absolute atomic E-state index is 8.99. The molecular weight excluding hydrogens is 254 g/mol. The summed E-state index contributed by atoms with van der Waals surface area (Å²) in [4.78, 5) is 0. The fraction of sp³-hybridized carbons (Fsp3) is 0.250. The van der Waals surface area contributed by atoms with Crippen molar-refractivity contribution in [2.75, 3.05) is 7.11 Å². The molecule has 0 saturated heterocycles. The molecule has 20 heavy (non-hydrogen) atoms. The largest absolute Gasteiger partial charge is 0.496 e. The van der Waals surface area contributed by atoms with E-state index in [1.807, 2.05) is 42.5 Å². The molecule has 0 aromatic heterocycles. The van der Waals surface area contributed by atoms with Gasteiger partial charge < -0.3 is 20.3 Å². The number of hydrogen-bond acceptors (Lipinski definition) is 4. The van der Waals surface area contributed by atoms with E-state index in [1.165, 1.54) is 0 Å². The third-order valence-electron chi connectivity index (χ3n) is 3.08. The minimum Gasteiger partial charge on any atom is -0.496 e. The molecule has 0 aliphatic carbocycles. The van der Waals surface area contributed by atoms with Gasteiger partial charge in [0.15, 0.2) is 0 Å². The Morgan fingerprint density at radius 1 is 1.05 bits per heavy atom. The molecule has 0 unspecified atom stereocenters. The topological polar surface area (TPSA) is 64.7 Å². The predicted octanol–water partition coefficient (Wildman–Crippen LogP) is 2.23. The van der Waals surface area contributed by atoms with Crippen LogP contribution in [0.25, 0.3) is 0 Å². The molecule has 0 aliphatic heterocycles. The van der Waals surface area contributed by atoms with Crippen LogP contribution in [-0.2, 0) is 19.8 Å². The van der Waals surface area contributed by atoms with Gasteiger partial charge in [0.2, 0.25) is 0 Å². The van der Waals surface area contributed by atoms with Gasteiger partial charge in [-0.2, -0.15) is 0 Å². The van der Waals surface area contributed by atoms with Crippen molar-refractivity contribution >= 4 is 0 Å². The smallest absolute Gasteiger partial charge is 0.125 e. The van der Waals surface area contributed by atoms with Crippen molar-refractivity contribution in [3.05, 3.63) is 59.2 Å². The molecule has 3 N–H and O–H groups in total. The van der Waals surface area contributed by atoms with E-state index in [0.717, 1.165) is 28.2 Å². The molecular formula is C16H19NO3. The van der Waals surface area contributed by atoms with Crippen LogP contribution < -0.4 is 15.2 Å². The third kappa shape index (κ3) is 3.50. The lowest BCUT2D eigenvalue weighted by atomic mass is 10.1. The van der Waals surface area contributed by atoms with E-state index in [-0.39, 0.29) is 6.61 Å².